The summed E-state index contributed by atoms with van der Waals surface area (Å²) < 4.78 is 0. The first kappa shape index (κ1) is 9.38. The molecule has 0 aromatic heterocycles. The molecule has 0 heterocycles. The van der Waals surface area contributed by atoms with E-state index in [1.807, 2.05) is 43.4 Å². The molecule has 0 N–H and O–H groups in total. The summed E-state index contributed by atoms with van der Waals surface area (Å²) >= 11 is 6.05. The second kappa shape index (κ2) is 3.80. The number of rotatable bonds is 0. The van der Waals surface area contributed by atoms with Crippen molar-refractivity contribution in [3.05, 3.63) is 35.9 Å². The van der Waals surface area contributed by atoms with Crippen LogP contribution in [0.15, 0.2) is 30.3 Å². The molecule has 0 saturated heterocycles. The Morgan fingerprint density at radius 2 is 1.75 bits per heavy atom. The highest BCUT2D eigenvalue weighted by Crippen LogP contribution is 2.05. The fraction of sp³-hybridized carbons (Fsp3) is 0.200. The SMILES string of the molecule is C[Si](C)(Cl)C#Cc1ccccc1. The average molecular weight is 195 g/mol. The molecule has 0 bridgehead atoms. The van der Waals surface area contributed by atoms with Crippen molar-refractivity contribution in [1.29, 1.82) is 0 Å². The number of benzene rings is 1. The average Bonchev–Trinajstić information content (AvgIpc) is 2.02. The molecule has 0 spiro atoms. The Kier molecular flexibility index (Phi) is 2.97. The molecular formula is C10H11ClSi. The molecule has 1 aromatic rings. The van der Waals surface area contributed by atoms with Gasteiger partial charge in [-0.3, -0.25) is 0 Å². The first-order valence-electron chi connectivity index (χ1n) is 3.85. The van der Waals surface area contributed by atoms with Crippen LogP contribution in [0, 0.1) is 11.5 Å². The van der Waals surface area contributed by atoms with Crippen LogP contribution in [-0.4, -0.2) is 7.38 Å². The smallest absolute Gasteiger partial charge is 0.151 e. The second-order valence-corrected chi connectivity index (χ2v) is 9.12. The zero-order chi connectivity index (χ0) is 9.03. The molecule has 0 atom stereocenters. The molecule has 12 heavy (non-hydrogen) atoms. The van der Waals surface area contributed by atoms with Crippen LogP contribution >= 0.6 is 11.1 Å². The molecule has 1 rings (SSSR count). The van der Waals surface area contributed by atoms with Gasteiger partial charge in [0.15, 0.2) is 0 Å². The number of hydrogen-bond acceptors (Lipinski definition) is 0. The minimum Gasteiger partial charge on any atom is -0.151 e. The van der Waals surface area contributed by atoms with Crippen LogP contribution in [0.4, 0.5) is 0 Å². The fourth-order valence-electron chi connectivity index (χ4n) is 0.742. The van der Waals surface area contributed by atoms with Gasteiger partial charge in [0.2, 0.25) is 7.38 Å². The van der Waals surface area contributed by atoms with Gasteiger partial charge in [0.25, 0.3) is 0 Å². The van der Waals surface area contributed by atoms with Crippen LogP contribution in [0.1, 0.15) is 5.56 Å². The molecule has 0 amide bonds. The van der Waals surface area contributed by atoms with Gasteiger partial charge >= 0.3 is 0 Å². The summed E-state index contributed by atoms with van der Waals surface area (Å²) in [5.41, 5.74) is 4.13. The summed E-state index contributed by atoms with van der Waals surface area (Å²) in [5.74, 6) is 3.06. The Labute approximate surface area is 79.3 Å². The van der Waals surface area contributed by atoms with Crippen molar-refractivity contribution in [1.82, 2.24) is 0 Å². The van der Waals surface area contributed by atoms with E-state index in [1.54, 1.807) is 0 Å². The van der Waals surface area contributed by atoms with E-state index in [0.717, 1.165) is 5.56 Å². The van der Waals surface area contributed by atoms with E-state index >= 15 is 0 Å². The lowest BCUT2D eigenvalue weighted by molar-refractivity contribution is 1.65. The predicted molar refractivity (Wildman–Crippen MR) is 56.7 cm³/mol. The summed E-state index contributed by atoms with van der Waals surface area (Å²) in [4.78, 5) is 0. The van der Waals surface area contributed by atoms with E-state index < -0.39 is 7.38 Å². The van der Waals surface area contributed by atoms with E-state index in [9.17, 15) is 0 Å². The van der Waals surface area contributed by atoms with Gasteiger partial charge in [0.1, 0.15) is 0 Å². The summed E-state index contributed by atoms with van der Waals surface area (Å²) in [7, 11) is -1.73. The maximum Gasteiger partial charge on any atom is 0.228 e. The zero-order valence-corrected chi connectivity index (χ0v) is 9.02. The quantitative estimate of drug-likeness (QED) is 0.339. The lowest BCUT2D eigenvalue weighted by atomic mass is 10.2. The monoisotopic (exact) mass is 194 g/mol. The Hall–Kier alpha value is -0.713. The minimum absolute atomic E-state index is 1.04. The van der Waals surface area contributed by atoms with Crippen molar-refractivity contribution in [3.63, 3.8) is 0 Å². The largest absolute Gasteiger partial charge is 0.228 e. The zero-order valence-electron chi connectivity index (χ0n) is 7.26. The normalized spacial score (nSPS) is 10.2. The van der Waals surface area contributed by atoms with Gasteiger partial charge in [-0.25, -0.2) is 0 Å². The lowest BCUT2D eigenvalue weighted by Crippen LogP contribution is -2.12. The molecule has 0 aliphatic heterocycles. The Bertz CT molecular complexity index is 300. The maximum atomic E-state index is 6.05. The third-order valence-corrected chi connectivity index (χ3v) is 2.28. The van der Waals surface area contributed by atoms with E-state index in [-0.39, 0.29) is 0 Å². The molecular weight excluding hydrogens is 184 g/mol. The first-order valence-corrected chi connectivity index (χ1v) is 7.86. The van der Waals surface area contributed by atoms with Crippen molar-refractivity contribution < 1.29 is 0 Å². The van der Waals surface area contributed by atoms with Crippen LogP contribution in [0.2, 0.25) is 13.1 Å². The molecule has 0 aliphatic carbocycles. The maximum absolute atomic E-state index is 6.05. The van der Waals surface area contributed by atoms with Gasteiger partial charge < -0.3 is 0 Å². The Morgan fingerprint density at radius 1 is 1.17 bits per heavy atom. The van der Waals surface area contributed by atoms with E-state index in [2.05, 4.69) is 11.5 Å². The number of halogens is 1. The fourth-order valence-corrected chi connectivity index (χ4v) is 1.33. The predicted octanol–water partition coefficient (Wildman–Crippen LogP) is 3.02. The van der Waals surface area contributed by atoms with Crippen LogP contribution in [0.5, 0.6) is 0 Å². The van der Waals surface area contributed by atoms with Gasteiger partial charge in [-0.15, -0.1) is 5.54 Å². The summed E-state index contributed by atoms with van der Waals surface area (Å²) in [5, 5.41) is 0. The summed E-state index contributed by atoms with van der Waals surface area (Å²) in [6.45, 7) is 4.04. The minimum atomic E-state index is -1.73. The third-order valence-electron chi connectivity index (χ3n) is 1.28. The van der Waals surface area contributed by atoms with Gasteiger partial charge in [0.05, 0.1) is 0 Å². The van der Waals surface area contributed by atoms with Crippen molar-refractivity contribution in [3.8, 4) is 11.5 Å². The highest BCUT2D eigenvalue weighted by Gasteiger charge is 2.11. The molecule has 1 aromatic carbocycles. The third kappa shape index (κ3) is 3.61. The standard InChI is InChI=1S/C10H11ClSi/c1-12(2,11)9-8-10-6-4-3-5-7-10/h3-7H,1-2H3. The van der Waals surface area contributed by atoms with Crippen molar-refractivity contribution >= 4 is 18.5 Å². The van der Waals surface area contributed by atoms with Crippen LogP contribution in [0.3, 0.4) is 0 Å². The molecule has 0 nitrogen and oxygen atoms in total. The Balaban J connectivity index is 2.81. The topological polar surface area (TPSA) is 0 Å². The lowest BCUT2D eigenvalue weighted by Gasteiger charge is -1.99. The van der Waals surface area contributed by atoms with Gasteiger partial charge in [-0.2, -0.15) is 11.1 Å². The second-order valence-electron chi connectivity index (χ2n) is 3.09. The summed E-state index contributed by atoms with van der Waals surface area (Å²) in [6.07, 6.45) is 0. The van der Waals surface area contributed by atoms with Crippen molar-refractivity contribution in [2.45, 2.75) is 13.1 Å². The van der Waals surface area contributed by atoms with E-state index in [0.29, 0.717) is 0 Å². The molecule has 62 valence electrons. The van der Waals surface area contributed by atoms with Gasteiger partial charge in [-0.1, -0.05) is 24.1 Å². The highest BCUT2D eigenvalue weighted by molar-refractivity contribution is 7.23. The molecule has 0 fully saturated rings. The summed E-state index contributed by atoms with van der Waals surface area (Å²) in [6, 6.07) is 9.92. The molecule has 0 aliphatic rings. The molecule has 0 saturated carbocycles. The van der Waals surface area contributed by atoms with Crippen LogP contribution in [-0.2, 0) is 0 Å². The molecule has 0 radical (unpaired) electrons. The van der Waals surface area contributed by atoms with Gasteiger partial charge in [0, 0.05) is 5.56 Å². The van der Waals surface area contributed by atoms with E-state index in [1.165, 1.54) is 0 Å². The van der Waals surface area contributed by atoms with Crippen LogP contribution < -0.4 is 0 Å². The first-order chi connectivity index (χ1) is 5.58. The molecule has 0 unspecified atom stereocenters. The van der Waals surface area contributed by atoms with E-state index in [4.69, 9.17) is 11.1 Å². The van der Waals surface area contributed by atoms with Crippen LogP contribution in [0.25, 0.3) is 0 Å². The highest BCUT2D eigenvalue weighted by atomic mass is 35.6. The molecule has 2 heteroatoms. The van der Waals surface area contributed by atoms with Crippen molar-refractivity contribution in [2.24, 2.45) is 0 Å². The van der Waals surface area contributed by atoms with Crippen molar-refractivity contribution in [2.75, 3.05) is 0 Å². The van der Waals surface area contributed by atoms with Gasteiger partial charge in [-0.05, 0) is 25.2 Å². The number of hydrogen-bond donors (Lipinski definition) is 0. The Morgan fingerprint density at radius 3 is 2.25 bits per heavy atom.